The van der Waals surface area contributed by atoms with Gasteiger partial charge in [-0.25, -0.2) is 0 Å². The number of rotatable bonds is 62. The van der Waals surface area contributed by atoms with Gasteiger partial charge < -0.3 is 14.2 Å². The topological polar surface area (TPSA) is 78.9 Å². The summed E-state index contributed by atoms with van der Waals surface area (Å²) in [6.45, 7) is 6.60. The standard InChI is InChI=1S/C69H128O6/c1-4-7-10-13-16-18-20-22-24-26-28-29-30-31-32-33-34-35-36-37-38-39-40-42-43-45-47-49-51-53-56-59-62-68(71)74-65-66(64-73-67(70)61-58-55-15-12-9-6-3)75-69(72)63-60-57-54-52-50-48-46-44-41-27-25-23-21-19-17-14-11-8-5-2/h17,19,23,25,41,44,66H,4-16,18,20-22,24,26-40,42-43,45-65H2,1-3H3/b19-17-,25-23-,44-41-. The fourth-order valence-electron chi connectivity index (χ4n) is 10.1. The van der Waals surface area contributed by atoms with Crippen LogP contribution in [0.2, 0.25) is 0 Å². The smallest absolute Gasteiger partial charge is 0.306 e. The molecule has 0 aliphatic heterocycles. The molecule has 0 heterocycles. The number of carbonyl (C=O) groups excluding carboxylic acids is 3. The summed E-state index contributed by atoms with van der Waals surface area (Å²) in [5, 5.41) is 0. The minimum Gasteiger partial charge on any atom is -0.462 e. The van der Waals surface area contributed by atoms with Gasteiger partial charge in [0.2, 0.25) is 0 Å². The number of allylic oxidation sites excluding steroid dienone is 6. The monoisotopic (exact) mass is 1050 g/mol. The largest absolute Gasteiger partial charge is 0.462 e. The number of hydrogen-bond acceptors (Lipinski definition) is 6. The highest BCUT2D eigenvalue weighted by Crippen LogP contribution is 2.18. The molecule has 440 valence electrons. The second-order valence-corrected chi connectivity index (χ2v) is 22.7. The summed E-state index contributed by atoms with van der Waals surface area (Å²) in [7, 11) is 0. The van der Waals surface area contributed by atoms with Gasteiger partial charge in [0, 0.05) is 19.3 Å². The zero-order valence-corrected chi connectivity index (χ0v) is 50.6. The van der Waals surface area contributed by atoms with E-state index >= 15 is 0 Å². The first-order valence-electron chi connectivity index (χ1n) is 33.5. The fourth-order valence-corrected chi connectivity index (χ4v) is 10.1. The molecule has 0 aliphatic carbocycles. The summed E-state index contributed by atoms with van der Waals surface area (Å²) < 4.78 is 16.8. The van der Waals surface area contributed by atoms with Crippen molar-refractivity contribution in [2.75, 3.05) is 13.2 Å². The van der Waals surface area contributed by atoms with E-state index in [1.165, 1.54) is 250 Å². The zero-order chi connectivity index (χ0) is 54.3. The molecule has 0 spiro atoms. The van der Waals surface area contributed by atoms with Gasteiger partial charge in [-0.3, -0.25) is 14.4 Å². The Labute approximate surface area is 467 Å². The molecule has 0 saturated heterocycles. The predicted octanol–water partition coefficient (Wildman–Crippen LogP) is 22.8. The number of ether oxygens (including phenoxy) is 3. The molecule has 0 aromatic rings. The van der Waals surface area contributed by atoms with Gasteiger partial charge in [-0.2, -0.15) is 0 Å². The SMILES string of the molecule is CCCCC/C=C\C/C=C\C/C=C\CCCCCCCCC(=O)OC(COC(=O)CCCCCCCC)COC(=O)CCCCCCCCCCCCCCCCCCCCCCCCCCCCCCCCCC. The van der Waals surface area contributed by atoms with Crippen molar-refractivity contribution >= 4 is 17.9 Å². The van der Waals surface area contributed by atoms with Crippen LogP contribution in [0.3, 0.4) is 0 Å². The zero-order valence-electron chi connectivity index (χ0n) is 50.6. The lowest BCUT2D eigenvalue weighted by Crippen LogP contribution is -2.30. The molecule has 0 saturated carbocycles. The van der Waals surface area contributed by atoms with Gasteiger partial charge >= 0.3 is 17.9 Å². The van der Waals surface area contributed by atoms with Crippen molar-refractivity contribution < 1.29 is 28.6 Å². The van der Waals surface area contributed by atoms with Crippen molar-refractivity contribution in [1.29, 1.82) is 0 Å². The van der Waals surface area contributed by atoms with Crippen LogP contribution in [-0.2, 0) is 28.6 Å². The van der Waals surface area contributed by atoms with E-state index in [9.17, 15) is 14.4 Å². The van der Waals surface area contributed by atoms with Gasteiger partial charge in [0.1, 0.15) is 13.2 Å². The molecule has 1 unspecified atom stereocenters. The Bertz CT molecular complexity index is 1250. The molecular weight excluding hydrogens is 925 g/mol. The molecule has 0 aromatic heterocycles. The lowest BCUT2D eigenvalue weighted by atomic mass is 10.0. The number of esters is 3. The minimum atomic E-state index is -0.774. The van der Waals surface area contributed by atoms with Gasteiger partial charge in [-0.05, 0) is 57.8 Å². The van der Waals surface area contributed by atoms with Crippen LogP contribution in [0.25, 0.3) is 0 Å². The minimum absolute atomic E-state index is 0.0736. The van der Waals surface area contributed by atoms with Crippen LogP contribution in [0.4, 0.5) is 0 Å². The van der Waals surface area contributed by atoms with E-state index in [0.717, 1.165) is 77.0 Å². The van der Waals surface area contributed by atoms with Crippen LogP contribution in [0.1, 0.15) is 367 Å². The van der Waals surface area contributed by atoms with Crippen LogP contribution in [-0.4, -0.2) is 37.2 Å². The molecule has 0 aromatic carbocycles. The summed E-state index contributed by atoms with van der Waals surface area (Å²) >= 11 is 0. The molecule has 6 nitrogen and oxygen atoms in total. The van der Waals surface area contributed by atoms with E-state index in [4.69, 9.17) is 14.2 Å². The van der Waals surface area contributed by atoms with Crippen molar-refractivity contribution in [1.82, 2.24) is 0 Å². The van der Waals surface area contributed by atoms with E-state index in [0.29, 0.717) is 19.3 Å². The highest BCUT2D eigenvalue weighted by atomic mass is 16.6. The number of hydrogen-bond donors (Lipinski definition) is 0. The molecule has 0 N–H and O–H groups in total. The average Bonchev–Trinajstić information content (AvgIpc) is 3.41. The van der Waals surface area contributed by atoms with Crippen molar-refractivity contribution in [2.24, 2.45) is 0 Å². The first-order valence-corrected chi connectivity index (χ1v) is 33.5. The Morgan fingerprint density at radius 2 is 0.480 bits per heavy atom. The van der Waals surface area contributed by atoms with E-state index in [1.54, 1.807) is 0 Å². The van der Waals surface area contributed by atoms with Gasteiger partial charge in [-0.15, -0.1) is 0 Å². The van der Waals surface area contributed by atoms with E-state index in [-0.39, 0.29) is 31.1 Å². The second-order valence-electron chi connectivity index (χ2n) is 22.7. The van der Waals surface area contributed by atoms with E-state index in [1.807, 2.05) is 0 Å². The molecule has 0 bridgehead atoms. The Morgan fingerprint density at radius 3 is 0.773 bits per heavy atom. The van der Waals surface area contributed by atoms with Crippen LogP contribution in [0.5, 0.6) is 0 Å². The molecule has 1 atom stereocenters. The first-order chi connectivity index (χ1) is 37.0. The lowest BCUT2D eigenvalue weighted by molar-refractivity contribution is -0.167. The average molecular weight is 1050 g/mol. The molecular formula is C69H128O6. The Balaban J connectivity index is 3.95. The summed E-state index contributed by atoms with van der Waals surface area (Å²) in [4.78, 5) is 38.0. The molecule has 0 rings (SSSR count). The lowest BCUT2D eigenvalue weighted by Gasteiger charge is -2.18. The molecule has 0 amide bonds. The summed E-state index contributed by atoms with van der Waals surface area (Å²) in [6.07, 6.45) is 79.3. The third kappa shape index (κ3) is 62.4. The normalized spacial score (nSPS) is 12.2. The van der Waals surface area contributed by atoms with Gasteiger partial charge in [0.15, 0.2) is 6.10 Å². The van der Waals surface area contributed by atoms with Gasteiger partial charge in [0.25, 0.3) is 0 Å². The Morgan fingerprint density at radius 1 is 0.267 bits per heavy atom. The van der Waals surface area contributed by atoms with E-state index < -0.39 is 6.10 Å². The molecule has 0 fully saturated rings. The molecule has 0 aliphatic rings. The van der Waals surface area contributed by atoms with Crippen molar-refractivity contribution in [2.45, 2.75) is 374 Å². The van der Waals surface area contributed by atoms with Crippen LogP contribution < -0.4 is 0 Å². The summed E-state index contributed by atoms with van der Waals surface area (Å²) in [5.74, 6) is -0.876. The quantitative estimate of drug-likeness (QED) is 0.0261. The fraction of sp³-hybridized carbons (Fsp3) is 0.870. The maximum absolute atomic E-state index is 12.8. The number of carbonyl (C=O) groups is 3. The maximum Gasteiger partial charge on any atom is 0.306 e. The summed E-state index contributed by atoms with van der Waals surface area (Å²) in [6, 6.07) is 0. The summed E-state index contributed by atoms with van der Waals surface area (Å²) in [5.41, 5.74) is 0. The first kappa shape index (κ1) is 72.6. The van der Waals surface area contributed by atoms with E-state index in [2.05, 4.69) is 57.2 Å². The van der Waals surface area contributed by atoms with Crippen molar-refractivity contribution in [3.05, 3.63) is 36.5 Å². The highest BCUT2D eigenvalue weighted by molar-refractivity contribution is 5.71. The van der Waals surface area contributed by atoms with Gasteiger partial charge in [0.05, 0.1) is 0 Å². The Kier molecular flexibility index (Phi) is 62.1. The van der Waals surface area contributed by atoms with Crippen LogP contribution in [0.15, 0.2) is 36.5 Å². The van der Waals surface area contributed by atoms with Crippen molar-refractivity contribution in [3.8, 4) is 0 Å². The van der Waals surface area contributed by atoms with Gasteiger partial charge in [-0.1, -0.05) is 327 Å². The third-order valence-electron chi connectivity index (χ3n) is 15.1. The predicted molar refractivity (Wildman–Crippen MR) is 326 cm³/mol. The highest BCUT2D eigenvalue weighted by Gasteiger charge is 2.19. The molecule has 0 radical (unpaired) electrons. The van der Waals surface area contributed by atoms with Crippen LogP contribution >= 0.6 is 0 Å². The Hall–Kier alpha value is -2.37. The molecule has 6 heteroatoms. The maximum atomic E-state index is 12.8. The molecule has 75 heavy (non-hydrogen) atoms. The second kappa shape index (κ2) is 64.2. The van der Waals surface area contributed by atoms with Crippen LogP contribution in [0, 0.1) is 0 Å². The van der Waals surface area contributed by atoms with Crippen molar-refractivity contribution in [3.63, 3.8) is 0 Å². The number of unbranched alkanes of at least 4 members (excludes halogenated alkanes) is 45. The third-order valence-corrected chi connectivity index (χ3v) is 15.1.